The van der Waals surface area contributed by atoms with E-state index in [4.69, 9.17) is 10.5 Å². The number of hydrogen-bond donors (Lipinski definition) is 3. The van der Waals surface area contributed by atoms with Gasteiger partial charge in [-0.2, -0.15) is 0 Å². The molecule has 0 radical (unpaired) electrons. The Balaban J connectivity index is 2.04. The number of amides is 1. The largest absolute Gasteiger partial charge is 0.399 e. The normalized spacial score (nSPS) is 17.9. The summed E-state index contributed by atoms with van der Waals surface area (Å²) in [5, 5.41) is 6.18. The number of nitrogens with one attached hydrogen (secondary N) is 2. The Morgan fingerprint density at radius 1 is 1.50 bits per heavy atom. The third-order valence-electron chi connectivity index (χ3n) is 3.37. The minimum absolute atomic E-state index is 0.0889. The highest BCUT2D eigenvalue weighted by molar-refractivity contribution is 6.00. The van der Waals surface area contributed by atoms with Crippen molar-refractivity contribution in [1.82, 2.24) is 5.32 Å². The molecule has 1 aliphatic heterocycles. The predicted molar refractivity (Wildman–Crippen MR) is 80.9 cm³/mol. The van der Waals surface area contributed by atoms with Gasteiger partial charge in [-0.3, -0.25) is 4.79 Å². The summed E-state index contributed by atoms with van der Waals surface area (Å²) in [5.74, 6) is -0.0889. The van der Waals surface area contributed by atoms with Crippen LogP contribution >= 0.6 is 0 Å². The summed E-state index contributed by atoms with van der Waals surface area (Å²) >= 11 is 0. The van der Waals surface area contributed by atoms with E-state index in [0.717, 1.165) is 38.1 Å². The molecular weight excluding hydrogens is 254 g/mol. The minimum atomic E-state index is -0.0889. The van der Waals surface area contributed by atoms with Crippen LogP contribution < -0.4 is 16.4 Å². The first-order chi connectivity index (χ1) is 9.70. The second kappa shape index (κ2) is 7.14. The van der Waals surface area contributed by atoms with Gasteiger partial charge in [-0.15, -0.1) is 0 Å². The van der Waals surface area contributed by atoms with Crippen LogP contribution in [-0.4, -0.2) is 31.7 Å². The molecule has 5 nitrogen and oxygen atoms in total. The Morgan fingerprint density at radius 3 is 3.05 bits per heavy atom. The number of nitrogens with two attached hydrogens (primary N) is 1. The molecule has 2 rings (SSSR count). The second-order valence-corrected chi connectivity index (χ2v) is 5.08. The Kier molecular flexibility index (Phi) is 5.24. The molecule has 1 heterocycles. The van der Waals surface area contributed by atoms with E-state index in [1.165, 1.54) is 0 Å². The molecule has 1 atom stereocenters. The Labute approximate surface area is 119 Å². The van der Waals surface area contributed by atoms with Crippen LogP contribution in [0.1, 0.15) is 36.5 Å². The van der Waals surface area contributed by atoms with Gasteiger partial charge in [-0.1, -0.05) is 6.92 Å². The fourth-order valence-electron chi connectivity index (χ4n) is 2.27. The van der Waals surface area contributed by atoms with E-state index < -0.39 is 0 Å². The minimum Gasteiger partial charge on any atom is -0.399 e. The molecule has 1 aromatic carbocycles. The van der Waals surface area contributed by atoms with Crippen LogP contribution in [0.3, 0.4) is 0 Å². The van der Waals surface area contributed by atoms with Crippen LogP contribution in [0.4, 0.5) is 11.4 Å². The maximum Gasteiger partial charge on any atom is 0.253 e. The second-order valence-electron chi connectivity index (χ2n) is 5.08. The van der Waals surface area contributed by atoms with Gasteiger partial charge in [-0.25, -0.2) is 0 Å². The lowest BCUT2D eigenvalue weighted by molar-refractivity contribution is 0.0954. The van der Waals surface area contributed by atoms with E-state index in [1.54, 1.807) is 12.1 Å². The fourth-order valence-corrected chi connectivity index (χ4v) is 2.27. The maximum atomic E-state index is 12.1. The van der Waals surface area contributed by atoms with Crippen LogP contribution in [0.2, 0.25) is 0 Å². The molecule has 0 aliphatic carbocycles. The van der Waals surface area contributed by atoms with E-state index in [9.17, 15) is 4.79 Å². The summed E-state index contributed by atoms with van der Waals surface area (Å²) < 4.78 is 5.58. The standard InChI is InChI=1S/C15H23N3O2/c1-2-7-17-15(19)13-9-11(16)5-6-14(13)18-10-12-4-3-8-20-12/h5-6,9,12,18H,2-4,7-8,10,16H2,1H3,(H,17,19). The number of anilines is 2. The lowest BCUT2D eigenvalue weighted by Gasteiger charge is -2.15. The van der Waals surface area contributed by atoms with Gasteiger partial charge in [0.1, 0.15) is 0 Å². The summed E-state index contributed by atoms with van der Waals surface area (Å²) in [6, 6.07) is 5.36. The molecule has 1 saturated heterocycles. The van der Waals surface area contributed by atoms with Crippen molar-refractivity contribution in [3.05, 3.63) is 23.8 Å². The van der Waals surface area contributed by atoms with Gasteiger partial charge in [0, 0.05) is 31.1 Å². The van der Waals surface area contributed by atoms with Gasteiger partial charge in [0.25, 0.3) is 5.91 Å². The molecule has 20 heavy (non-hydrogen) atoms. The number of benzene rings is 1. The molecule has 0 bridgehead atoms. The molecule has 0 saturated carbocycles. The monoisotopic (exact) mass is 277 g/mol. The topological polar surface area (TPSA) is 76.4 Å². The highest BCUT2D eigenvalue weighted by Crippen LogP contribution is 2.20. The van der Waals surface area contributed by atoms with E-state index >= 15 is 0 Å². The first kappa shape index (κ1) is 14.7. The van der Waals surface area contributed by atoms with Crippen molar-refractivity contribution in [3.63, 3.8) is 0 Å². The van der Waals surface area contributed by atoms with Crippen molar-refractivity contribution in [3.8, 4) is 0 Å². The van der Waals surface area contributed by atoms with Gasteiger partial charge in [0.15, 0.2) is 0 Å². The number of hydrogen-bond acceptors (Lipinski definition) is 4. The quantitative estimate of drug-likeness (QED) is 0.695. The Bertz CT molecular complexity index is 456. The Hall–Kier alpha value is -1.75. The van der Waals surface area contributed by atoms with Gasteiger partial charge in [-0.05, 0) is 37.5 Å². The fraction of sp³-hybridized carbons (Fsp3) is 0.533. The van der Waals surface area contributed by atoms with Crippen LogP contribution in [0.15, 0.2) is 18.2 Å². The number of carbonyl (C=O) groups excluding carboxylic acids is 1. The van der Waals surface area contributed by atoms with Gasteiger partial charge in [0.2, 0.25) is 0 Å². The summed E-state index contributed by atoms with van der Waals surface area (Å²) in [5.41, 5.74) is 7.77. The van der Waals surface area contributed by atoms with Crippen molar-refractivity contribution < 1.29 is 9.53 Å². The molecule has 1 amide bonds. The maximum absolute atomic E-state index is 12.1. The van der Waals surface area contributed by atoms with Crippen LogP contribution in [0.25, 0.3) is 0 Å². The number of rotatable bonds is 6. The number of nitrogen functional groups attached to an aromatic ring is 1. The zero-order valence-electron chi connectivity index (χ0n) is 11.9. The molecule has 1 aliphatic rings. The third kappa shape index (κ3) is 3.87. The van der Waals surface area contributed by atoms with Crippen molar-refractivity contribution in [2.24, 2.45) is 0 Å². The van der Waals surface area contributed by atoms with Crippen molar-refractivity contribution in [2.45, 2.75) is 32.3 Å². The molecule has 1 aromatic rings. The van der Waals surface area contributed by atoms with E-state index in [0.29, 0.717) is 17.8 Å². The van der Waals surface area contributed by atoms with Gasteiger partial charge < -0.3 is 21.1 Å². The molecule has 4 N–H and O–H groups in total. The van der Waals surface area contributed by atoms with Crippen molar-refractivity contribution >= 4 is 17.3 Å². The molecule has 0 aromatic heterocycles. The average molecular weight is 277 g/mol. The smallest absolute Gasteiger partial charge is 0.253 e. The third-order valence-corrected chi connectivity index (χ3v) is 3.37. The lowest BCUT2D eigenvalue weighted by Crippen LogP contribution is -2.26. The molecule has 110 valence electrons. The zero-order chi connectivity index (χ0) is 14.4. The summed E-state index contributed by atoms with van der Waals surface area (Å²) in [6.07, 6.45) is 3.32. The highest BCUT2D eigenvalue weighted by Gasteiger charge is 2.17. The number of ether oxygens (including phenoxy) is 1. The summed E-state index contributed by atoms with van der Waals surface area (Å²) in [7, 11) is 0. The van der Waals surface area contributed by atoms with Crippen LogP contribution in [-0.2, 0) is 4.74 Å². The first-order valence-corrected chi connectivity index (χ1v) is 7.24. The van der Waals surface area contributed by atoms with Crippen LogP contribution in [0.5, 0.6) is 0 Å². The average Bonchev–Trinajstić information content (AvgIpc) is 2.96. The molecule has 0 spiro atoms. The first-order valence-electron chi connectivity index (χ1n) is 7.24. The molecular formula is C15H23N3O2. The van der Waals surface area contributed by atoms with Crippen LogP contribution in [0, 0.1) is 0 Å². The molecule has 5 heteroatoms. The predicted octanol–water partition coefficient (Wildman–Crippen LogP) is 2.00. The SMILES string of the molecule is CCCNC(=O)c1cc(N)ccc1NCC1CCCO1. The number of carbonyl (C=O) groups is 1. The molecule has 1 fully saturated rings. The molecule has 1 unspecified atom stereocenters. The van der Waals surface area contributed by atoms with Crippen molar-refractivity contribution in [2.75, 3.05) is 30.7 Å². The van der Waals surface area contributed by atoms with E-state index in [1.807, 2.05) is 13.0 Å². The zero-order valence-corrected chi connectivity index (χ0v) is 11.9. The summed E-state index contributed by atoms with van der Waals surface area (Å²) in [6.45, 7) is 4.24. The van der Waals surface area contributed by atoms with Gasteiger partial charge in [0.05, 0.1) is 11.7 Å². The summed E-state index contributed by atoms with van der Waals surface area (Å²) in [4.78, 5) is 12.1. The van der Waals surface area contributed by atoms with E-state index in [2.05, 4.69) is 10.6 Å². The lowest BCUT2D eigenvalue weighted by atomic mass is 10.1. The van der Waals surface area contributed by atoms with Crippen molar-refractivity contribution in [1.29, 1.82) is 0 Å². The van der Waals surface area contributed by atoms with Gasteiger partial charge >= 0.3 is 0 Å². The van der Waals surface area contributed by atoms with E-state index in [-0.39, 0.29) is 12.0 Å². The Morgan fingerprint density at radius 2 is 2.35 bits per heavy atom. The highest BCUT2D eigenvalue weighted by atomic mass is 16.5.